The first-order valence-electron chi connectivity index (χ1n) is 15.6. The van der Waals surface area contributed by atoms with Crippen LogP contribution in [-0.4, -0.2) is 89.2 Å². The zero-order valence-corrected chi connectivity index (χ0v) is 25.1. The van der Waals surface area contributed by atoms with Gasteiger partial charge >= 0.3 is 6.03 Å². The van der Waals surface area contributed by atoms with E-state index in [1.807, 2.05) is 4.90 Å². The highest BCUT2D eigenvalue weighted by molar-refractivity contribution is 5.79. The van der Waals surface area contributed by atoms with Gasteiger partial charge in [0.15, 0.2) is 0 Å². The third-order valence-corrected chi connectivity index (χ3v) is 8.18. The van der Waals surface area contributed by atoms with E-state index in [4.69, 9.17) is 4.98 Å². The summed E-state index contributed by atoms with van der Waals surface area (Å²) in [5, 5.41) is 6.46. The van der Waals surface area contributed by atoms with E-state index in [-0.39, 0.29) is 6.03 Å². The fraction of sp³-hybridized carbons (Fsp3) is 0.742. The molecule has 2 aliphatic heterocycles. The summed E-state index contributed by atoms with van der Waals surface area (Å²) in [5.41, 5.74) is 3.64. The number of carbonyl (C=O) groups excluding carboxylic acids is 1. The van der Waals surface area contributed by atoms with Gasteiger partial charge in [-0.25, -0.2) is 9.78 Å². The molecule has 0 atom stereocenters. The van der Waals surface area contributed by atoms with Gasteiger partial charge in [0.25, 0.3) is 0 Å². The van der Waals surface area contributed by atoms with Crippen molar-refractivity contribution in [2.45, 2.75) is 79.3 Å². The van der Waals surface area contributed by atoms with Crippen molar-refractivity contribution in [1.82, 2.24) is 29.6 Å². The molecule has 2 aliphatic rings. The summed E-state index contributed by atoms with van der Waals surface area (Å²) < 4.78 is 2.39. The quantitative estimate of drug-likeness (QED) is 0.305. The number of imidazole rings is 1. The molecule has 2 aromatic rings. The van der Waals surface area contributed by atoms with E-state index in [0.29, 0.717) is 13.1 Å². The van der Waals surface area contributed by atoms with Gasteiger partial charge in [-0.2, -0.15) is 0 Å². The standard InChI is InChI=1S/C31H53N7O/c1-25(2)11-19-36(20-12-26(3)4)24-27-9-10-28-29(23-27)38(18-8-17-35-15-6-5-7-16-35)30(34-28)32-13-21-37-22-14-33-31(37)39/h9-10,23,25-26H,5-8,11-22,24H2,1-4H3,(H,32,34)(H,33,39). The number of anilines is 1. The van der Waals surface area contributed by atoms with Crippen molar-refractivity contribution in [3.8, 4) is 0 Å². The molecule has 218 valence electrons. The normalized spacial score (nSPS) is 16.8. The van der Waals surface area contributed by atoms with Gasteiger partial charge in [0, 0.05) is 39.3 Å². The third kappa shape index (κ3) is 9.10. The van der Waals surface area contributed by atoms with Crippen LogP contribution in [0.4, 0.5) is 10.7 Å². The molecule has 2 saturated heterocycles. The molecule has 0 saturated carbocycles. The van der Waals surface area contributed by atoms with E-state index in [9.17, 15) is 4.79 Å². The molecule has 0 radical (unpaired) electrons. The Balaban J connectivity index is 1.48. The number of likely N-dealkylation sites (tertiary alicyclic amines) is 1. The molecule has 1 aromatic heterocycles. The monoisotopic (exact) mass is 539 g/mol. The van der Waals surface area contributed by atoms with Crippen LogP contribution in [0.5, 0.6) is 0 Å². The van der Waals surface area contributed by atoms with Crippen LogP contribution in [0.15, 0.2) is 18.2 Å². The Labute approximate surface area is 236 Å². The molecule has 8 heteroatoms. The Morgan fingerprint density at radius 1 is 0.974 bits per heavy atom. The van der Waals surface area contributed by atoms with Crippen LogP contribution >= 0.6 is 0 Å². The van der Waals surface area contributed by atoms with Crippen LogP contribution in [0.25, 0.3) is 11.0 Å². The lowest BCUT2D eigenvalue weighted by Gasteiger charge is -2.26. The smallest absolute Gasteiger partial charge is 0.317 e. The summed E-state index contributed by atoms with van der Waals surface area (Å²) in [4.78, 5) is 24.1. The molecule has 39 heavy (non-hydrogen) atoms. The van der Waals surface area contributed by atoms with Crippen molar-refractivity contribution >= 4 is 23.0 Å². The molecule has 2 fully saturated rings. The molecule has 0 aliphatic carbocycles. The van der Waals surface area contributed by atoms with Crippen molar-refractivity contribution in [2.24, 2.45) is 11.8 Å². The molecule has 0 bridgehead atoms. The summed E-state index contributed by atoms with van der Waals surface area (Å²) in [5.74, 6) is 2.36. The Bertz CT molecular complexity index is 1020. The number of benzene rings is 1. The predicted molar refractivity (Wildman–Crippen MR) is 162 cm³/mol. The number of aromatic nitrogens is 2. The Morgan fingerprint density at radius 2 is 1.72 bits per heavy atom. The number of amides is 2. The van der Waals surface area contributed by atoms with Gasteiger partial charge in [-0.05, 0) is 94.4 Å². The van der Waals surface area contributed by atoms with Crippen LogP contribution < -0.4 is 10.6 Å². The highest BCUT2D eigenvalue weighted by Crippen LogP contribution is 2.23. The number of aryl methyl sites for hydroxylation is 1. The minimum absolute atomic E-state index is 0.0379. The zero-order valence-electron chi connectivity index (χ0n) is 25.1. The van der Waals surface area contributed by atoms with Gasteiger partial charge in [-0.15, -0.1) is 0 Å². The fourth-order valence-electron chi connectivity index (χ4n) is 5.70. The fourth-order valence-corrected chi connectivity index (χ4v) is 5.70. The maximum atomic E-state index is 12.0. The topological polar surface area (TPSA) is 68.7 Å². The summed E-state index contributed by atoms with van der Waals surface area (Å²) in [7, 11) is 0. The van der Waals surface area contributed by atoms with Crippen molar-refractivity contribution in [3.63, 3.8) is 0 Å². The molecule has 8 nitrogen and oxygen atoms in total. The van der Waals surface area contributed by atoms with Crippen LogP contribution in [0.2, 0.25) is 0 Å². The molecule has 0 unspecified atom stereocenters. The maximum absolute atomic E-state index is 12.0. The van der Waals surface area contributed by atoms with E-state index >= 15 is 0 Å². The lowest BCUT2D eigenvalue weighted by Crippen LogP contribution is -2.32. The van der Waals surface area contributed by atoms with Gasteiger partial charge in [-0.1, -0.05) is 40.2 Å². The first-order valence-corrected chi connectivity index (χ1v) is 15.6. The molecule has 1 aromatic carbocycles. The molecule has 0 spiro atoms. The number of nitrogens with zero attached hydrogens (tertiary/aromatic N) is 5. The van der Waals surface area contributed by atoms with Gasteiger partial charge in [0.2, 0.25) is 5.95 Å². The minimum Gasteiger partial charge on any atom is -0.354 e. The second kappa shape index (κ2) is 14.9. The third-order valence-electron chi connectivity index (χ3n) is 8.18. The van der Waals surface area contributed by atoms with Gasteiger partial charge in [0.05, 0.1) is 11.0 Å². The molecule has 2 amide bonds. The second-order valence-corrected chi connectivity index (χ2v) is 12.5. The predicted octanol–water partition coefficient (Wildman–Crippen LogP) is 5.24. The number of nitrogens with one attached hydrogen (secondary N) is 2. The SMILES string of the molecule is CC(C)CCN(CCC(C)C)Cc1ccc2nc(NCCN3CCNC3=O)n(CCCN3CCCCC3)c2c1. The summed E-state index contributed by atoms with van der Waals surface area (Å²) in [6.45, 7) is 20.0. The zero-order chi connectivity index (χ0) is 27.6. The highest BCUT2D eigenvalue weighted by Gasteiger charge is 2.19. The Kier molecular flexibility index (Phi) is 11.3. The van der Waals surface area contributed by atoms with Crippen molar-refractivity contribution in [2.75, 3.05) is 64.2 Å². The van der Waals surface area contributed by atoms with E-state index in [1.165, 1.54) is 56.3 Å². The molecule has 3 heterocycles. The number of fused-ring (bicyclic) bond motifs is 1. The summed E-state index contributed by atoms with van der Waals surface area (Å²) in [6.07, 6.45) is 7.63. The van der Waals surface area contributed by atoms with Gasteiger partial charge in [-0.3, -0.25) is 4.90 Å². The molecular weight excluding hydrogens is 486 g/mol. The van der Waals surface area contributed by atoms with Crippen LogP contribution in [-0.2, 0) is 13.1 Å². The lowest BCUT2D eigenvalue weighted by atomic mass is 10.1. The first-order chi connectivity index (χ1) is 18.9. The van der Waals surface area contributed by atoms with Crippen molar-refractivity contribution in [3.05, 3.63) is 23.8 Å². The van der Waals surface area contributed by atoms with E-state index < -0.39 is 0 Å². The van der Waals surface area contributed by atoms with Crippen molar-refractivity contribution < 1.29 is 4.79 Å². The van der Waals surface area contributed by atoms with Crippen LogP contribution in [0.3, 0.4) is 0 Å². The average molecular weight is 540 g/mol. The largest absolute Gasteiger partial charge is 0.354 e. The van der Waals surface area contributed by atoms with Crippen molar-refractivity contribution in [1.29, 1.82) is 0 Å². The molecule has 4 rings (SSSR count). The highest BCUT2D eigenvalue weighted by atomic mass is 16.2. The number of piperidine rings is 1. The van der Waals surface area contributed by atoms with E-state index in [0.717, 1.165) is 75.5 Å². The number of rotatable bonds is 16. The summed E-state index contributed by atoms with van der Waals surface area (Å²) >= 11 is 0. The molecular formula is C31H53N7O. The Morgan fingerprint density at radius 3 is 2.38 bits per heavy atom. The van der Waals surface area contributed by atoms with Gasteiger partial charge < -0.3 is 25.0 Å². The first kappa shape index (κ1) is 29.7. The number of urea groups is 1. The number of hydrogen-bond donors (Lipinski definition) is 2. The number of carbonyl (C=O) groups is 1. The maximum Gasteiger partial charge on any atom is 0.317 e. The van der Waals surface area contributed by atoms with Gasteiger partial charge in [0.1, 0.15) is 0 Å². The van der Waals surface area contributed by atoms with Crippen LogP contribution in [0, 0.1) is 11.8 Å². The number of hydrogen-bond acceptors (Lipinski definition) is 5. The van der Waals surface area contributed by atoms with Crippen LogP contribution in [0.1, 0.15) is 71.8 Å². The second-order valence-electron chi connectivity index (χ2n) is 12.5. The van der Waals surface area contributed by atoms with E-state index in [1.54, 1.807) is 0 Å². The average Bonchev–Trinajstić information content (AvgIpc) is 3.48. The summed E-state index contributed by atoms with van der Waals surface area (Å²) in [6, 6.07) is 6.88. The molecule has 2 N–H and O–H groups in total. The minimum atomic E-state index is 0.0379. The Hall–Kier alpha value is -2.32. The lowest BCUT2D eigenvalue weighted by molar-refractivity contribution is 0.219. The van der Waals surface area contributed by atoms with E-state index in [2.05, 4.69) is 70.9 Å².